The van der Waals surface area contributed by atoms with Crippen LogP contribution in [0.4, 0.5) is 11.4 Å². The second-order valence-electron chi connectivity index (χ2n) is 5.54. The first-order valence-electron chi connectivity index (χ1n) is 6.63. The highest BCUT2D eigenvalue weighted by molar-refractivity contribution is 6.02. The van der Waals surface area contributed by atoms with E-state index >= 15 is 0 Å². The lowest BCUT2D eigenvalue weighted by atomic mass is 9.84. The summed E-state index contributed by atoms with van der Waals surface area (Å²) in [6.45, 7) is 4.53. The molecule has 2 nitrogen and oxygen atoms in total. The molecule has 0 saturated carbocycles. The van der Waals surface area contributed by atoms with Crippen molar-refractivity contribution in [3.05, 3.63) is 60.2 Å². The van der Waals surface area contributed by atoms with Crippen LogP contribution in [0.2, 0.25) is 0 Å². The van der Waals surface area contributed by atoms with Crippen molar-refractivity contribution < 1.29 is 4.58 Å². The van der Waals surface area contributed by atoms with E-state index in [-0.39, 0.29) is 5.41 Å². The Morgan fingerprint density at radius 2 is 1.53 bits per heavy atom. The molecule has 3 rings (SSSR count). The van der Waals surface area contributed by atoms with Crippen molar-refractivity contribution >= 4 is 17.2 Å². The molecule has 2 aromatic carbocycles. The molecule has 0 radical (unpaired) electrons. The van der Waals surface area contributed by atoms with Gasteiger partial charge in [-0.05, 0) is 32.0 Å². The minimum Gasteiger partial charge on any atom is -0.244 e. The topological polar surface area (TPSA) is 15.0 Å². The zero-order valence-corrected chi connectivity index (χ0v) is 11.6. The average Bonchev–Trinajstić information content (AvgIpc) is 2.62. The lowest BCUT2D eigenvalue weighted by molar-refractivity contribution is -0.402. The van der Waals surface area contributed by atoms with Crippen LogP contribution in [0.25, 0.3) is 0 Å². The maximum absolute atomic E-state index is 3.57. The molecule has 0 atom stereocenters. The lowest BCUT2D eigenvalue weighted by Gasteiger charge is -2.17. The summed E-state index contributed by atoms with van der Waals surface area (Å²) < 4.78 is 2.25. The van der Waals surface area contributed by atoms with Crippen molar-refractivity contribution in [1.29, 1.82) is 0 Å². The van der Waals surface area contributed by atoms with Crippen LogP contribution in [-0.2, 0) is 5.41 Å². The molecule has 1 aliphatic rings. The van der Waals surface area contributed by atoms with Gasteiger partial charge in [-0.3, -0.25) is 0 Å². The van der Waals surface area contributed by atoms with E-state index in [9.17, 15) is 0 Å². The molecule has 2 heteroatoms. The van der Waals surface area contributed by atoms with Gasteiger partial charge in [0, 0.05) is 5.56 Å². The number of hydrogen-bond donors (Lipinski definition) is 1. The molecule has 1 heterocycles. The lowest BCUT2D eigenvalue weighted by Crippen LogP contribution is -2.35. The minimum absolute atomic E-state index is 0.00118. The van der Waals surface area contributed by atoms with Crippen molar-refractivity contribution in [2.45, 2.75) is 19.3 Å². The van der Waals surface area contributed by atoms with Gasteiger partial charge in [0.2, 0.25) is 0 Å². The Labute approximate surface area is 114 Å². The van der Waals surface area contributed by atoms with Crippen LogP contribution in [0.15, 0.2) is 54.6 Å². The second kappa shape index (κ2) is 4.23. The fraction of sp³-hybridized carbons (Fsp3) is 0.235. The Bertz CT molecular complexity index is 639. The van der Waals surface area contributed by atoms with Crippen LogP contribution in [-0.4, -0.2) is 17.5 Å². The molecule has 2 aromatic rings. The van der Waals surface area contributed by atoms with E-state index < -0.39 is 0 Å². The van der Waals surface area contributed by atoms with Crippen LogP contribution in [0.1, 0.15) is 19.4 Å². The third kappa shape index (κ3) is 1.84. The zero-order valence-electron chi connectivity index (χ0n) is 11.6. The van der Waals surface area contributed by atoms with Gasteiger partial charge in [0.05, 0.1) is 12.5 Å². The minimum atomic E-state index is 0.00118. The standard InChI is InChI=1S/C17H18N2/c1-17(2)14-11-7-8-12-15(14)19(3)16(17)18-13-9-5-4-6-10-13/h4-12H,1-3H3/p+1. The van der Waals surface area contributed by atoms with Gasteiger partial charge in [-0.1, -0.05) is 36.4 Å². The Kier molecular flexibility index (Phi) is 2.67. The van der Waals surface area contributed by atoms with Crippen molar-refractivity contribution in [2.24, 2.45) is 0 Å². The number of nitrogens with one attached hydrogen (secondary N) is 1. The molecule has 0 amide bonds. The number of anilines is 1. The summed E-state index contributed by atoms with van der Waals surface area (Å²) in [6, 6.07) is 18.9. The number of amidine groups is 1. The van der Waals surface area contributed by atoms with E-state index in [1.165, 1.54) is 17.1 Å². The molecule has 1 aliphatic heterocycles. The number of fused-ring (bicyclic) bond motifs is 1. The Morgan fingerprint density at radius 3 is 2.21 bits per heavy atom. The van der Waals surface area contributed by atoms with Crippen LogP contribution in [0.3, 0.4) is 0 Å². The van der Waals surface area contributed by atoms with Crippen molar-refractivity contribution in [1.82, 2.24) is 0 Å². The second-order valence-corrected chi connectivity index (χ2v) is 5.54. The maximum atomic E-state index is 3.57. The predicted octanol–water partition coefficient (Wildman–Crippen LogP) is 3.76. The number of nitrogens with zero attached hydrogens (tertiary/aromatic N) is 1. The van der Waals surface area contributed by atoms with Crippen LogP contribution < -0.4 is 5.32 Å². The quantitative estimate of drug-likeness (QED) is 0.763. The van der Waals surface area contributed by atoms with Crippen molar-refractivity contribution in [2.75, 3.05) is 12.4 Å². The fourth-order valence-electron chi connectivity index (χ4n) is 2.86. The van der Waals surface area contributed by atoms with E-state index in [1.807, 2.05) is 6.07 Å². The summed E-state index contributed by atoms with van der Waals surface area (Å²) in [6.07, 6.45) is 0. The first-order chi connectivity index (χ1) is 9.10. The molecule has 0 spiro atoms. The number of para-hydroxylation sites is 2. The fourth-order valence-corrected chi connectivity index (χ4v) is 2.86. The molecule has 0 bridgehead atoms. The molecule has 96 valence electrons. The van der Waals surface area contributed by atoms with Gasteiger partial charge in [-0.2, -0.15) is 0 Å². The van der Waals surface area contributed by atoms with Gasteiger partial charge in [0.1, 0.15) is 11.4 Å². The van der Waals surface area contributed by atoms with E-state index in [0.29, 0.717) is 0 Å². The van der Waals surface area contributed by atoms with Gasteiger partial charge >= 0.3 is 0 Å². The van der Waals surface area contributed by atoms with Gasteiger partial charge in [-0.15, -0.1) is 0 Å². The van der Waals surface area contributed by atoms with E-state index in [4.69, 9.17) is 0 Å². The van der Waals surface area contributed by atoms with Gasteiger partial charge < -0.3 is 0 Å². The van der Waals surface area contributed by atoms with Gasteiger partial charge in [-0.25, -0.2) is 9.89 Å². The summed E-state index contributed by atoms with van der Waals surface area (Å²) in [5.41, 5.74) is 3.79. The summed E-state index contributed by atoms with van der Waals surface area (Å²) in [5, 5.41) is 3.57. The molecule has 19 heavy (non-hydrogen) atoms. The Morgan fingerprint density at radius 1 is 0.895 bits per heavy atom. The van der Waals surface area contributed by atoms with Crippen LogP contribution in [0.5, 0.6) is 0 Å². The molecule has 0 fully saturated rings. The average molecular weight is 251 g/mol. The number of benzene rings is 2. The summed E-state index contributed by atoms with van der Waals surface area (Å²) >= 11 is 0. The molecular formula is C17H19N2+. The maximum Gasteiger partial charge on any atom is 0.265 e. The molecule has 1 N–H and O–H groups in total. The first kappa shape index (κ1) is 12.0. The smallest absolute Gasteiger partial charge is 0.244 e. The normalized spacial score (nSPS) is 16.4. The number of hydrogen-bond acceptors (Lipinski definition) is 1. The van der Waals surface area contributed by atoms with Crippen LogP contribution >= 0.6 is 0 Å². The number of rotatable bonds is 1. The van der Waals surface area contributed by atoms with Gasteiger partial charge in [0.25, 0.3) is 5.84 Å². The van der Waals surface area contributed by atoms with Crippen LogP contribution in [0, 0.1) is 0 Å². The predicted molar refractivity (Wildman–Crippen MR) is 80.4 cm³/mol. The molecule has 0 saturated heterocycles. The first-order valence-corrected chi connectivity index (χ1v) is 6.63. The highest BCUT2D eigenvalue weighted by Gasteiger charge is 2.43. The highest BCUT2D eigenvalue weighted by Crippen LogP contribution is 2.38. The third-order valence-corrected chi connectivity index (χ3v) is 3.90. The third-order valence-electron chi connectivity index (χ3n) is 3.90. The summed E-state index contributed by atoms with van der Waals surface area (Å²) in [5.74, 6) is 1.22. The SMILES string of the molecule is C[N+]1=C(Nc2ccccc2)C(C)(C)c2ccccc21. The monoisotopic (exact) mass is 251 g/mol. The molecule has 0 unspecified atom stereocenters. The molecular weight excluding hydrogens is 232 g/mol. The Hall–Kier alpha value is -2.09. The van der Waals surface area contributed by atoms with E-state index in [0.717, 1.165) is 5.69 Å². The van der Waals surface area contributed by atoms with Gasteiger partial charge in [0.15, 0.2) is 0 Å². The van der Waals surface area contributed by atoms with Crippen molar-refractivity contribution in [3.8, 4) is 0 Å². The van der Waals surface area contributed by atoms with E-state index in [1.54, 1.807) is 0 Å². The largest absolute Gasteiger partial charge is 0.265 e. The zero-order chi connectivity index (χ0) is 13.5. The highest BCUT2D eigenvalue weighted by atomic mass is 15.1. The summed E-state index contributed by atoms with van der Waals surface area (Å²) in [4.78, 5) is 0. The molecule has 0 aromatic heterocycles. The Balaban J connectivity index is 2.06. The van der Waals surface area contributed by atoms with E-state index in [2.05, 4.69) is 79.3 Å². The molecule has 0 aliphatic carbocycles. The van der Waals surface area contributed by atoms with Crippen molar-refractivity contribution in [3.63, 3.8) is 0 Å². The summed E-state index contributed by atoms with van der Waals surface area (Å²) in [7, 11) is 2.12.